The van der Waals surface area contributed by atoms with Crippen molar-refractivity contribution < 1.29 is 13.2 Å². The van der Waals surface area contributed by atoms with Crippen LogP contribution in [0.1, 0.15) is 31.9 Å². The van der Waals surface area contributed by atoms with E-state index in [4.69, 9.17) is 0 Å². The lowest BCUT2D eigenvalue weighted by Gasteiger charge is -2.04. The van der Waals surface area contributed by atoms with E-state index in [1.54, 1.807) is 6.07 Å². The van der Waals surface area contributed by atoms with Gasteiger partial charge in [0.05, 0.1) is 5.56 Å². The van der Waals surface area contributed by atoms with Crippen LogP contribution in [0.25, 0.3) is 11.3 Å². The third-order valence-electron chi connectivity index (χ3n) is 2.65. The van der Waals surface area contributed by atoms with Crippen LogP contribution in [0.3, 0.4) is 0 Å². The number of halogens is 3. The number of alkyl halides is 2. The van der Waals surface area contributed by atoms with Crippen molar-refractivity contribution in [2.45, 2.75) is 26.3 Å². The van der Waals surface area contributed by atoms with Crippen LogP contribution in [-0.2, 0) is 0 Å². The Kier molecular flexibility index (Phi) is 3.41. The molecular weight excluding hydrogens is 241 g/mol. The van der Waals surface area contributed by atoms with E-state index in [2.05, 4.69) is 5.10 Å². The number of nitrogens with zero attached hydrogens (tertiary/aromatic N) is 2. The zero-order chi connectivity index (χ0) is 13.3. The topological polar surface area (TPSA) is 17.8 Å². The lowest BCUT2D eigenvalue weighted by Crippen LogP contribution is -2.00. The Morgan fingerprint density at radius 3 is 2.39 bits per heavy atom. The molecule has 0 unspecified atom stereocenters. The summed E-state index contributed by atoms with van der Waals surface area (Å²) in [5.41, 5.74) is -0.127. The molecule has 1 heterocycles. The summed E-state index contributed by atoms with van der Waals surface area (Å²) in [6.07, 6.45) is -1.40. The number of benzene rings is 1. The van der Waals surface area contributed by atoms with Gasteiger partial charge < -0.3 is 0 Å². The van der Waals surface area contributed by atoms with Gasteiger partial charge in [0.1, 0.15) is 11.5 Å². The van der Waals surface area contributed by atoms with Crippen molar-refractivity contribution >= 4 is 0 Å². The highest BCUT2D eigenvalue weighted by atomic mass is 19.3. The smallest absolute Gasteiger partial charge is 0.267 e. The largest absolute Gasteiger partial charge is 0.269 e. The summed E-state index contributed by atoms with van der Waals surface area (Å²) in [6, 6.07) is 5.75. The minimum absolute atomic E-state index is 0.0109. The van der Waals surface area contributed by atoms with Gasteiger partial charge in [-0.15, -0.1) is 0 Å². The van der Waals surface area contributed by atoms with Crippen molar-refractivity contribution in [1.82, 2.24) is 9.78 Å². The van der Waals surface area contributed by atoms with Crippen LogP contribution < -0.4 is 0 Å². The van der Waals surface area contributed by atoms with E-state index in [1.807, 2.05) is 13.8 Å². The fourth-order valence-corrected chi connectivity index (χ4v) is 1.69. The van der Waals surface area contributed by atoms with Gasteiger partial charge in [0.25, 0.3) is 6.43 Å². The molecule has 0 bridgehead atoms. The van der Waals surface area contributed by atoms with Crippen LogP contribution in [0.2, 0.25) is 0 Å². The van der Waals surface area contributed by atoms with Crippen LogP contribution in [0.15, 0.2) is 30.5 Å². The van der Waals surface area contributed by atoms with Crippen molar-refractivity contribution in [2.75, 3.05) is 0 Å². The molecule has 2 aromatic rings. The molecule has 2 rings (SSSR count). The molecule has 0 aliphatic heterocycles. The van der Waals surface area contributed by atoms with Gasteiger partial charge >= 0.3 is 0 Å². The van der Waals surface area contributed by atoms with Gasteiger partial charge in [-0.1, -0.05) is 12.1 Å². The van der Waals surface area contributed by atoms with E-state index in [9.17, 15) is 13.2 Å². The SMILES string of the molecule is CC(C)n1cc(C(F)F)c(-c2ccccc2F)n1. The van der Waals surface area contributed by atoms with Gasteiger partial charge in [-0.3, -0.25) is 4.68 Å². The first-order valence-corrected chi connectivity index (χ1v) is 5.62. The monoisotopic (exact) mass is 254 g/mol. The number of hydrogen-bond acceptors (Lipinski definition) is 1. The van der Waals surface area contributed by atoms with Crippen molar-refractivity contribution in [3.05, 3.63) is 41.8 Å². The number of aromatic nitrogens is 2. The summed E-state index contributed by atoms with van der Waals surface area (Å²) in [4.78, 5) is 0. The molecule has 2 nitrogen and oxygen atoms in total. The summed E-state index contributed by atoms with van der Waals surface area (Å²) in [5.74, 6) is -0.548. The lowest BCUT2D eigenvalue weighted by molar-refractivity contribution is 0.152. The fourth-order valence-electron chi connectivity index (χ4n) is 1.69. The maximum atomic E-state index is 13.6. The van der Waals surface area contributed by atoms with Crippen LogP contribution in [0.5, 0.6) is 0 Å². The predicted molar refractivity (Wildman–Crippen MR) is 63.0 cm³/mol. The van der Waals surface area contributed by atoms with Crippen LogP contribution in [-0.4, -0.2) is 9.78 Å². The molecule has 0 saturated carbocycles. The second-order valence-corrected chi connectivity index (χ2v) is 4.29. The number of hydrogen-bond donors (Lipinski definition) is 0. The highest BCUT2D eigenvalue weighted by Crippen LogP contribution is 2.32. The Labute approximate surface area is 103 Å². The maximum absolute atomic E-state index is 13.6. The van der Waals surface area contributed by atoms with E-state index in [-0.39, 0.29) is 22.9 Å². The molecule has 1 aromatic carbocycles. The summed E-state index contributed by atoms with van der Waals surface area (Å²) in [6.45, 7) is 3.65. The van der Waals surface area contributed by atoms with Crippen LogP contribution in [0, 0.1) is 5.82 Å². The predicted octanol–water partition coefficient (Wildman–Crippen LogP) is 4.21. The van der Waals surface area contributed by atoms with Crippen molar-refractivity contribution in [2.24, 2.45) is 0 Å². The van der Waals surface area contributed by atoms with Gasteiger partial charge in [0.2, 0.25) is 0 Å². The zero-order valence-corrected chi connectivity index (χ0v) is 10.1. The van der Waals surface area contributed by atoms with E-state index in [0.717, 1.165) is 0 Å². The first-order chi connectivity index (χ1) is 8.50. The zero-order valence-electron chi connectivity index (χ0n) is 10.1. The van der Waals surface area contributed by atoms with Gasteiger partial charge in [-0.05, 0) is 26.0 Å². The molecule has 0 aliphatic carbocycles. The Balaban J connectivity index is 2.59. The molecule has 0 N–H and O–H groups in total. The van der Waals surface area contributed by atoms with Gasteiger partial charge in [0, 0.05) is 17.8 Å². The molecule has 0 amide bonds. The molecule has 0 spiro atoms. The van der Waals surface area contributed by atoms with E-state index >= 15 is 0 Å². The second-order valence-electron chi connectivity index (χ2n) is 4.29. The molecule has 0 radical (unpaired) electrons. The molecule has 0 aliphatic rings. The average molecular weight is 254 g/mol. The van der Waals surface area contributed by atoms with E-state index < -0.39 is 12.2 Å². The number of rotatable bonds is 3. The molecular formula is C13H13F3N2. The Hall–Kier alpha value is -1.78. The first-order valence-electron chi connectivity index (χ1n) is 5.62. The third-order valence-corrected chi connectivity index (χ3v) is 2.65. The molecule has 18 heavy (non-hydrogen) atoms. The Bertz CT molecular complexity index is 547. The standard InChI is InChI=1S/C13H13F3N2/c1-8(2)18-7-10(13(15)16)12(17-18)9-5-3-4-6-11(9)14/h3-8,13H,1-2H3. The van der Waals surface area contributed by atoms with Crippen LogP contribution in [0.4, 0.5) is 13.2 Å². The summed E-state index contributed by atoms with van der Waals surface area (Å²) >= 11 is 0. The molecule has 5 heteroatoms. The quantitative estimate of drug-likeness (QED) is 0.802. The molecule has 0 fully saturated rings. The first kappa shape index (κ1) is 12.7. The molecule has 0 atom stereocenters. The van der Waals surface area contributed by atoms with Crippen LogP contribution >= 0.6 is 0 Å². The van der Waals surface area contributed by atoms with Gasteiger partial charge in [-0.2, -0.15) is 5.10 Å². The average Bonchev–Trinajstić information content (AvgIpc) is 2.74. The summed E-state index contributed by atoms with van der Waals surface area (Å²) < 4.78 is 40.9. The lowest BCUT2D eigenvalue weighted by atomic mass is 10.1. The van der Waals surface area contributed by atoms with E-state index in [0.29, 0.717) is 0 Å². The normalized spacial score (nSPS) is 11.5. The van der Waals surface area contributed by atoms with Gasteiger partial charge in [-0.25, -0.2) is 13.2 Å². The third kappa shape index (κ3) is 2.25. The van der Waals surface area contributed by atoms with Crippen molar-refractivity contribution in [3.63, 3.8) is 0 Å². The summed E-state index contributed by atoms with van der Waals surface area (Å²) in [5, 5.41) is 4.06. The van der Waals surface area contributed by atoms with Crippen molar-refractivity contribution in [1.29, 1.82) is 0 Å². The maximum Gasteiger partial charge on any atom is 0.267 e. The van der Waals surface area contributed by atoms with E-state index in [1.165, 1.54) is 29.1 Å². The van der Waals surface area contributed by atoms with Gasteiger partial charge in [0.15, 0.2) is 0 Å². The highest BCUT2D eigenvalue weighted by molar-refractivity contribution is 5.63. The Morgan fingerprint density at radius 1 is 1.17 bits per heavy atom. The summed E-state index contributed by atoms with van der Waals surface area (Å²) in [7, 11) is 0. The minimum atomic E-state index is -2.67. The Morgan fingerprint density at radius 2 is 1.83 bits per heavy atom. The molecule has 1 aromatic heterocycles. The second kappa shape index (κ2) is 4.84. The minimum Gasteiger partial charge on any atom is -0.269 e. The van der Waals surface area contributed by atoms with Crippen molar-refractivity contribution in [3.8, 4) is 11.3 Å². The highest BCUT2D eigenvalue weighted by Gasteiger charge is 2.21. The fraction of sp³-hybridized carbons (Fsp3) is 0.308. The molecule has 0 saturated heterocycles. The molecule has 96 valence electrons.